The van der Waals surface area contributed by atoms with Gasteiger partial charge in [-0.25, -0.2) is 5.48 Å². The van der Waals surface area contributed by atoms with Gasteiger partial charge in [-0.05, 0) is 59.3 Å². The lowest BCUT2D eigenvalue weighted by Gasteiger charge is -2.20. The summed E-state index contributed by atoms with van der Waals surface area (Å²) in [6, 6.07) is 13.5. The zero-order valence-corrected chi connectivity index (χ0v) is 13.5. The molecule has 24 heavy (non-hydrogen) atoms. The Morgan fingerprint density at radius 3 is 2.46 bits per heavy atom. The van der Waals surface area contributed by atoms with E-state index in [0.29, 0.717) is 11.3 Å². The van der Waals surface area contributed by atoms with Crippen molar-refractivity contribution in [1.29, 1.82) is 0 Å². The van der Waals surface area contributed by atoms with Crippen LogP contribution < -0.4 is 10.5 Å². The molecule has 0 unspecified atom stereocenters. The first-order valence-electron chi connectivity index (χ1n) is 7.04. The number of hydrogen-bond donors (Lipinski definition) is 2. The Morgan fingerprint density at radius 1 is 1.08 bits per heavy atom. The number of nitrogens with one attached hydrogen (secondary N) is 1. The highest BCUT2D eigenvalue weighted by Gasteiger charge is 2.18. The van der Waals surface area contributed by atoms with E-state index in [1.165, 1.54) is 36.4 Å². The van der Waals surface area contributed by atoms with Crippen LogP contribution in [0.1, 0.15) is 20.7 Å². The molecule has 0 atom stereocenters. The molecule has 6 nitrogen and oxygen atoms in total. The third-order valence-electron chi connectivity index (χ3n) is 3.53. The highest BCUT2D eigenvalue weighted by atomic mass is 32.1. The molecule has 122 valence electrons. The molecule has 3 aromatic rings. The van der Waals surface area contributed by atoms with Crippen LogP contribution in [0.25, 0.3) is 10.1 Å². The summed E-state index contributed by atoms with van der Waals surface area (Å²) in [5.74, 6) is -0.997. The molecule has 0 radical (unpaired) electrons. The van der Waals surface area contributed by atoms with E-state index in [1.54, 1.807) is 16.8 Å². The Kier molecular flexibility index (Phi) is 4.57. The SMILES string of the molecule is CON(C(=O)c1ccc(C(=O)NO)cc1)c1ccc2sccc2c1. The van der Waals surface area contributed by atoms with Crippen molar-refractivity contribution in [2.75, 3.05) is 12.2 Å². The molecule has 0 aliphatic carbocycles. The van der Waals surface area contributed by atoms with E-state index in [4.69, 9.17) is 10.0 Å². The maximum atomic E-state index is 12.7. The number of thiophene rings is 1. The average molecular weight is 342 g/mol. The van der Waals surface area contributed by atoms with Gasteiger partial charge < -0.3 is 0 Å². The number of carbonyl (C=O) groups excluding carboxylic acids is 2. The summed E-state index contributed by atoms with van der Waals surface area (Å²) >= 11 is 1.62. The maximum absolute atomic E-state index is 12.7. The van der Waals surface area contributed by atoms with Crippen molar-refractivity contribution < 1.29 is 19.6 Å². The molecule has 0 aliphatic heterocycles. The van der Waals surface area contributed by atoms with Crippen LogP contribution >= 0.6 is 11.3 Å². The Bertz CT molecular complexity index is 889. The molecule has 7 heteroatoms. The van der Waals surface area contributed by atoms with Gasteiger partial charge in [0.25, 0.3) is 11.8 Å². The summed E-state index contributed by atoms with van der Waals surface area (Å²) in [6.07, 6.45) is 0. The molecule has 0 spiro atoms. The van der Waals surface area contributed by atoms with E-state index in [1.807, 2.05) is 29.6 Å². The van der Waals surface area contributed by atoms with Gasteiger partial charge in [0.05, 0.1) is 12.8 Å². The van der Waals surface area contributed by atoms with Gasteiger partial charge in [-0.15, -0.1) is 11.3 Å². The lowest BCUT2D eigenvalue weighted by molar-refractivity contribution is 0.0705. The molecule has 2 N–H and O–H groups in total. The maximum Gasteiger partial charge on any atom is 0.282 e. The summed E-state index contributed by atoms with van der Waals surface area (Å²) in [6.45, 7) is 0. The minimum atomic E-state index is -0.638. The van der Waals surface area contributed by atoms with Crippen molar-refractivity contribution in [1.82, 2.24) is 5.48 Å². The van der Waals surface area contributed by atoms with Crippen LogP contribution in [0.4, 0.5) is 5.69 Å². The number of rotatable bonds is 4. The Morgan fingerprint density at radius 2 is 1.79 bits per heavy atom. The first-order valence-corrected chi connectivity index (χ1v) is 7.92. The predicted octanol–water partition coefficient (Wildman–Crippen LogP) is 3.23. The van der Waals surface area contributed by atoms with Gasteiger partial charge in [-0.1, -0.05) is 0 Å². The number of amides is 2. The second kappa shape index (κ2) is 6.79. The van der Waals surface area contributed by atoms with E-state index >= 15 is 0 Å². The summed E-state index contributed by atoms with van der Waals surface area (Å²) < 4.78 is 1.13. The first-order chi connectivity index (χ1) is 11.6. The number of fused-ring (bicyclic) bond motifs is 1. The minimum Gasteiger partial charge on any atom is -0.288 e. The standard InChI is InChI=1S/C17H14N2O4S/c1-23-19(14-6-7-15-13(10-14)8-9-24-15)17(21)12-4-2-11(3-5-12)16(20)18-22/h2-10,22H,1H3,(H,18,20). The second-order valence-corrected chi connectivity index (χ2v) is 5.89. The molecule has 2 amide bonds. The lowest BCUT2D eigenvalue weighted by atomic mass is 10.1. The summed E-state index contributed by atoms with van der Waals surface area (Å²) in [5, 5.41) is 12.8. The fraction of sp³-hybridized carbons (Fsp3) is 0.0588. The highest BCUT2D eigenvalue weighted by Crippen LogP contribution is 2.27. The van der Waals surface area contributed by atoms with Crippen molar-refractivity contribution in [3.63, 3.8) is 0 Å². The van der Waals surface area contributed by atoms with Crippen molar-refractivity contribution >= 4 is 38.9 Å². The normalized spacial score (nSPS) is 10.6. The molecule has 0 fully saturated rings. The van der Waals surface area contributed by atoms with Crippen molar-refractivity contribution in [2.45, 2.75) is 0 Å². The van der Waals surface area contributed by atoms with Crippen molar-refractivity contribution in [3.8, 4) is 0 Å². The molecule has 1 heterocycles. The van der Waals surface area contributed by atoms with Gasteiger partial charge in [0, 0.05) is 15.8 Å². The summed E-state index contributed by atoms with van der Waals surface area (Å²) in [5.41, 5.74) is 2.77. The zero-order chi connectivity index (χ0) is 17.1. The third kappa shape index (κ3) is 3.00. The van der Waals surface area contributed by atoms with Crippen LogP contribution in [0.5, 0.6) is 0 Å². The Labute approximate surface area is 141 Å². The molecule has 3 rings (SSSR count). The summed E-state index contributed by atoms with van der Waals surface area (Å²) in [4.78, 5) is 29.2. The molecular formula is C17H14N2O4S. The fourth-order valence-corrected chi connectivity index (χ4v) is 3.10. The van der Waals surface area contributed by atoms with Crippen molar-refractivity contribution in [3.05, 3.63) is 65.0 Å². The summed E-state index contributed by atoms with van der Waals surface area (Å²) in [7, 11) is 1.42. The zero-order valence-electron chi connectivity index (χ0n) is 12.7. The van der Waals surface area contributed by atoms with Crippen LogP contribution in [-0.2, 0) is 4.84 Å². The molecule has 0 aliphatic rings. The molecule has 0 saturated carbocycles. The number of hydrogen-bond acceptors (Lipinski definition) is 5. The van der Waals surface area contributed by atoms with Gasteiger partial charge in [0.2, 0.25) is 0 Å². The Balaban J connectivity index is 1.89. The van der Waals surface area contributed by atoms with Crippen LogP contribution in [0.2, 0.25) is 0 Å². The molecule has 0 saturated heterocycles. The second-order valence-electron chi connectivity index (χ2n) is 4.94. The lowest BCUT2D eigenvalue weighted by Crippen LogP contribution is -2.29. The first kappa shape index (κ1) is 16.1. The van der Waals surface area contributed by atoms with Crippen LogP contribution in [0.15, 0.2) is 53.9 Å². The monoisotopic (exact) mass is 342 g/mol. The molecular weight excluding hydrogens is 328 g/mol. The molecule has 2 aromatic carbocycles. The Hall–Kier alpha value is -2.74. The van der Waals surface area contributed by atoms with E-state index in [2.05, 4.69) is 0 Å². The van der Waals surface area contributed by atoms with E-state index in [9.17, 15) is 9.59 Å². The number of hydroxylamine groups is 2. The van der Waals surface area contributed by atoms with Crippen molar-refractivity contribution in [2.24, 2.45) is 0 Å². The van der Waals surface area contributed by atoms with E-state index in [0.717, 1.165) is 10.1 Å². The van der Waals surface area contributed by atoms with Gasteiger partial charge in [-0.2, -0.15) is 5.06 Å². The van der Waals surface area contributed by atoms with Crippen LogP contribution in [0, 0.1) is 0 Å². The number of carbonyl (C=O) groups is 2. The largest absolute Gasteiger partial charge is 0.288 e. The van der Waals surface area contributed by atoms with E-state index < -0.39 is 5.91 Å². The van der Waals surface area contributed by atoms with Crippen LogP contribution in [0.3, 0.4) is 0 Å². The van der Waals surface area contributed by atoms with Gasteiger partial charge in [0.1, 0.15) is 0 Å². The fourth-order valence-electron chi connectivity index (χ4n) is 2.33. The minimum absolute atomic E-state index is 0.248. The number of nitrogens with zero attached hydrogens (tertiary/aromatic N) is 1. The van der Waals surface area contributed by atoms with Gasteiger partial charge >= 0.3 is 0 Å². The van der Waals surface area contributed by atoms with E-state index in [-0.39, 0.29) is 11.5 Å². The molecule has 1 aromatic heterocycles. The molecule has 0 bridgehead atoms. The van der Waals surface area contributed by atoms with Gasteiger partial charge in [0.15, 0.2) is 0 Å². The third-order valence-corrected chi connectivity index (χ3v) is 4.43. The van der Waals surface area contributed by atoms with Gasteiger partial charge in [-0.3, -0.25) is 19.6 Å². The topological polar surface area (TPSA) is 78.9 Å². The highest BCUT2D eigenvalue weighted by molar-refractivity contribution is 7.17. The number of benzene rings is 2. The smallest absolute Gasteiger partial charge is 0.282 e. The predicted molar refractivity (Wildman–Crippen MR) is 91.3 cm³/mol. The average Bonchev–Trinajstić information content (AvgIpc) is 3.09. The quantitative estimate of drug-likeness (QED) is 0.564. The number of anilines is 1. The van der Waals surface area contributed by atoms with Crippen LogP contribution in [-0.4, -0.2) is 24.1 Å².